The average molecular weight is 339 g/mol. The van der Waals surface area contributed by atoms with Gasteiger partial charge in [0.2, 0.25) is 0 Å². The van der Waals surface area contributed by atoms with Crippen molar-refractivity contribution >= 4 is 15.9 Å². The topological polar surface area (TPSA) is 35.5 Å². The first kappa shape index (κ1) is 14.4. The van der Waals surface area contributed by atoms with Crippen molar-refractivity contribution in [3.8, 4) is 5.75 Å². The molecule has 1 saturated heterocycles. The van der Waals surface area contributed by atoms with E-state index in [-0.39, 0.29) is 0 Å². The van der Waals surface area contributed by atoms with Gasteiger partial charge in [-0.1, -0.05) is 6.07 Å². The largest absolute Gasteiger partial charge is 0.506 e. The first-order valence-electron chi connectivity index (χ1n) is 7.71. The van der Waals surface area contributed by atoms with Crippen LogP contribution in [0.4, 0.5) is 0 Å². The minimum atomic E-state index is 0.473. The summed E-state index contributed by atoms with van der Waals surface area (Å²) in [5, 5.41) is 13.8. The molecule has 0 spiro atoms. The van der Waals surface area contributed by atoms with Gasteiger partial charge in [-0.2, -0.15) is 0 Å². The summed E-state index contributed by atoms with van der Waals surface area (Å²) >= 11 is 3.61. The first-order chi connectivity index (χ1) is 9.75. The van der Waals surface area contributed by atoms with Gasteiger partial charge in [0.1, 0.15) is 5.75 Å². The van der Waals surface area contributed by atoms with Crippen LogP contribution in [0.15, 0.2) is 10.5 Å². The van der Waals surface area contributed by atoms with Crippen molar-refractivity contribution in [2.24, 2.45) is 0 Å². The normalized spacial score (nSPS) is 19.9. The van der Waals surface area contributed by atoms with E-state index in [9.17, 15) is 5.11 Å². The predicted octanol–water partition coefficient (Wildman–Crippen LogP) is 2.48. The van der Waals surface area contributed by atoms with Gasteiger partial charge in [-0.3, -0.25) is 0 Å². The fraction of sp³-hybridized carbons (Fsp3) is 0.625. The molecule has 0 saturated carbocycles. The van der Waals surface area contributed by atoms with E-state index in [0.717, 1.165) is 62.0 Å². The molecule has 3 rings (SSSR count). The molecule has 0 unspecified atom stereocenters. The van der Waals surface area contributed by atoms with Crippen LogP contribution in [0.5, 0.6) is 5.75 Å². The van der Waals surface area contributed by atoms with Crippen LogP contribution in [-0.2, 0) is 19.3 Å². The molecule has 4 heteroatoms. The van der Waals surface area contributed by atoms with Gasteiger partial charge in [-0.25, -0.2) is 0 Å². The molecule has 0 atom stereocenters. The summed E-state index contributed by atoms with van der Waals surface area (Å²) in [5.74, 6) is 0.473. The summed E-state index contributed by atoms with van der Waals surface area (Å²) in [6.07, 6.45) is 5.72. The second-order valence-electron chi connectivity index (χ2n) is 5.88. The Labute approximate surface area is 129 Å². The van der Waals surface area contributed by atoms with Crippen molar-refractivity contribution in [1.82, 2.24) is 10.2 Å². The van der Waals surface area contributed by atoms with Crippen LogP contribution in [0.25, 0.3) is 0 Å². The zero-order chi connectivity index (χ0) is 13.9. The van der Waals surface area contributed by atoms with Crippen molar-refractivity contribution in [3.63, 3.8) is 0 Å². The third-order valence-electron chi connectivity index (χ3n) is 4.54. The number of phenols is 1. The second-order valence-corrected chi connectivity index (χ2v) is 6.68. The summed E-state index contributed by atoms with van der Waals surface area (Å²) in [4.78, 5) is 2.48. The monoisotopic (exact) mass is 338 g/mol. The van der Waals surface area contributed by atoms with Crippen LogP contribution in [0.3, 0.4) is 0 Å². The van der Waals surface area contributed by atoms with Gasteiger partial charge in [-0.05, 0) is 64.7 Å². The van der Waals surface area contributed by atoms with Gasteiger partial charge in [0.25, 0.3) is 0 Å². The number of fused-ring (bicyclic) bond motifs is 1. The van der Waals surface area contributed by atoms with E-state index in [2.05, 4.69) is 32.2 Å². The third kappa shape index (κ3) is 3.02. The van der Waals surface area contributed by atoms with Gasteiger partial charge in [-0.15, -0.1) is 0 Å². The van der Waals surface area contributed by atoms with E-state index in [0.29, 0.717) is 5.75 Å². The van der Waals surface area contributed by atoms with Gasteiger partial charge >= 0.3 is 0 Å². The maximum atomic E-state index is 10.4. The molecule has 1 fully saturated rings. The molecule has 2 aliphatic rings. The highest BCUT2D eigenvalue weighted by Crippen LogP contribution is 2.37. The molecule has 2 N–H and O–H groups in total. The average Bonchev–Trinajstić information content (AvgIpc) is 2.50. The molecule has 20 heavy (non-hydrogen) atoms. The van der Waals surface area contributed by atoms with Crippen molar-refractivity contribution in [3.05, 3.63) is 27.2 Å². The Hall–Kier alpha value is -0.580. The number of aromatic hydroxyl groups is 1. The molecule has 3 nitrogen and oxygen atoms in total. The first-order valence-corrected chi connectivity index (χ1v) is 8.50. The molecule has 0 bridgehead atoms. The maximum Gasteiger partial charge on any atom is 0.133 e. The van der Waals surface area contributed by atoms with Gasteiger partial charge in [0.15, 0.2) is 0 Å². The molecule has 0 radical (unpaired) electrons. The number of phenolic OH excluding ortho intramolecular Hbond substituents is 1. The SMILES string of the molecule is Oc1c(CCN2CCNCC2)cc2c(c1Br)CCCC2. The van der Waals surface area contributed by atoms with Crippen LogP contribution in [0, 0.1) is 0 Å². The van der Waals surface area contributed by atoms with E-state index in [1.54, 1.807) is 0 Å². The Bertz CT molecular complexity index is 484. The fourth-order valence-corrected chi connectivity index (χ4v) is 4.01. The molecule has 1 aromatic carbocycles. The molecule has 0 amide bonds. The Kier molecular flexibility index (Phi) is 4.64. The van der Waals surface area contributed by atoms with E-state index >= 15 is 0 Å². The van der Waals surface area contributed by atoms with Crippen molar-refractivity contribution in [2.45, 2.75) is 32.1 Å². The standard InChI is InChI=1S/C16H23BrN2O/c17-15-14-4-2-1-3-12(14)11-13(16(15)20)5-8-19-9-6-18-7-10-19/h11,18,20H,1-10H2. The molecule has 1 aromatic rings. The highest BCUT2D eigenvalue weighted by molar-refractivity contribution is 9.10. The van der Waals surface area contributed by atoms with E-state index in [1.165, 1.54) is 24.0 Å². The Morgan fingerprint density at radius 3 is 2.75 bits per heavy atom. The molecule has 1 aliphatic heterocycles. The molecular formula is C16H23BrN2O. The van der Waals surface area contributed by atoms with Gasteiger partial charge in [0.05, 0.1) is 4.47 Å². The van der Waals surface area contributed by atoms with Gasteiger partial charge in [0, 0.05) is 32.7 Å². The van der Waals surface area contributed by atoms with Crippen LogP contribution in [-0.4, -0.2) is 42.7 Å². The number of hydrogen-bond donors (Lipinski definition) is 2. The number of hydrogen-bond acceptors (Lipinski definition) is 3. The highest BCUT2D eigenvalue weighted by atomic mass is 79.9. The van der Waals surface area contributed by atoms with Crippen molar-refractivity contribution < 1.29 is 5.11 Å². The van der Waals surface area contributed by atoms with E-state index in [1.807, 2.05) is 0 Å². The third-order valence-corrected chi connectivity index (χ3v) is 5.40. The van der Waals surface area contributed by atoms with E-state index < -0.39 is 0 Å². The smallest absolute Gasteiger partial charge is 0.133 e. The number of nitrogens with one attached hydrogen (secondary N) is 1. The Balaban J connectivity index is 1.73. The number of rotatable bonds is 3. The zero-order valence-electron chi connectivity index (χ0n) is 11.9. The zero-order valence-corrected chi connectivity index (χ0v) is 13.5. The summed E-state index contributed by atoms with van der Waals surface area (Å²) in [5.41, 5.74) is 3.88. The van der Waals surface area contributed by atoms with Crippen LogP contribution >= 0.6 is 15.9 Å². The van der Waals surface area contributed by atoms with Crippen LogP contribution in [0.2, 0.25) is 0 Å². The van der Waals surface area contributed by atoms with Crippen molar-refractivity contribution in [1.29, 1.82) is 0 Å². The Morgan fingerprint density at radius 2 is 1.95 bits per heavy atom. The Morgan fingerprint density at radius 1 is 1.20 bits per heavy atom. The number of aryl methyl sites for hydroxylation is 1. The summed E-state index contributed by atoms with van der Waals surface area (Å²) < 4.78 is 0.949. The number of nitrogens with zero attached hydrogens (tertiary/aromatic N) is 1. The minimum absolute atomic E-state index is 0.473. The molecule has 110 valence electrons. The van der Waals surface area contributed by atoms with Crippen molar-refractivity contribution in [2.75, 3.05) is 32.7 Å². The quantitative estimate of drug-likeness (QED) is 0.888. The fourth-order valence-electron chi connectivity index (χ4n) is 3.31. The highest BCUT2D eigenvalue weighted by Gasteiger charge is 2.19. The molecule has 0 aromatic heterocycles. The molecule has 1 aliphatic carbocycles. The van der Waals surface area contributed by atoms with Gasteiger partial charge < -0.3 is 15.3 Å². The summed E-state index contributed by atoms with van der Waals surface area (Å²) in [6.45, 7) is 5.44. The lowest BCUT2D eigenvalue weighted by Crippen LogP contribution is -2.44. The number of benzene rings is 1. The molecule has 1 heterocycles. The lowest BCUT2D eigenvalue weighted by atomic mass is 9.89. The summed E-state index contributed by atoms with van der Waals surface area (Å²) in [6, 6.07) is 2.25. The predicted molar refractivity (Wildman–Crippen MR) is 85.5 cm³/mol. The lowest BCUT2D eigenvalue weighted by molar-refractivity contribution is 0.243. The lowest BCUT2D eigenvalue weighted by Gasteiger charge is -2.27. The maximum absolute atomic E-state index is 10.4. The van der Waals surface area contributed by atoms with Crippen LogP contribution < -0.4 is 5.32 Å². The number of halogens is 1. The minimum Gasteiger partial charge on any atom is -0.506 e. The molecular weight excluding hydrogens is 316 g/mol. The number of piperazine rings is 1. The van der Waals surface area contributed by atoms with Crippen LogP contribution in [0.1, 0.15) is 29.5 Å². The second kappa shape index (κ2) is 6.46. The van der Waals surface area contributed by atoms with E-state index in [4.69, 9.17) is 0 Å². The summed E-state index contributed by atoms with van der Waals surface area (Å²) in [7, 11) is 0.